The molecule has 72 valence electrons. The monoisotopic (exact) mass is 180 g/mol. The van der Waals surface area contributed by atoms with Gasteiger partial charge in [0.05, 0.1) is 6.10 Å². The lowest BCUT2D eigenvalue weighted by atomic mass is 10.1. The van der Waals surface area contributed by atoms with Crippen molar-refractivity contribution >= 4 is 5.69 Å². The molecule has 0 aliphatic heterocycles. The summed E-state index contributed by atoms with van der Waals surface area (Å²) in [5.41, 5.74) is 7.33. The minimum atomic E-state index is -0.545. The number of hydrogen-bond donors (Lipinski definition) is 2. The molecule has 3 N–H and O–H groups in total. The van der Waals surface area contributed by atoms with Crippen LogP contribution in [0.25, 0.3) is 0 Å². The van der Waals surface area contributed by atoms with Crippen LogP contribution in [-0.4, -0.2) is 25.7 Å². The van der Waals surface area contributed by atoms with Crippen LogP contribution in [0.4, 0.5) is 5.69 Å². The molecule has 0 fully saturated rings. The van der Waals surface area contributed by atoms with Gasteiger partial charge < -0.3 is 15.7 Å². The van der Waals surface area contributed by atoms with E-state index < -0.39 is 6.10 Å². The first-order chi connectivity index (χ1) is 6.15. The van der Waals surface area contributed by atoms with E-state index in [1.165, 1.54) is 0 Å². The van der Waals surface area contributed by atoms with Crippen LogP contribution in [0.1, 0.15) is 11.7 Å². The van der Waals surface area contributed by atoms with Crippen molar-refractivity contribution in [2.45, 2.75) is 6.10 Å². The van der Waals surface area contributed by atoms with E-state index in [1.807, 2.05) is 43.3 Å². The fourth-order valence-electron chi connectivity index (χ4n) is 1.13. The molecule has 0 spiro atoms. The topological polar surface area (TPSA) is 49.5 Å². The van der Waals surface area contributed by atoms with Crippen molar-refractivity contribution in [3.05, 3.63) is 29.8 Å². The van der Waals surface area contributed by atoms with E-state index in [-0.39, 0.29) is 6.54 Å². The van der Waals surface area contributed by atoms with Gasteiger partial charge in [-0.1, -0.05) is 12.1 Å². The smallest absolute Gasteiger partial charge is 0.0912 e. The van der Waals surface area contributed by atoms with E-state index >= 15 is 0 Å². The van der Waals surface area contributed by atoms with Gasteiger partial charge in [0.15, 0.2) is 0 Å². The van der Waals surface area contributed by atoms with Crippen LogP contribution in [-0.2, 0) is 0 Å². The number of aliphatic hydroxyl groups is 1. The molecular weight excluding hydrogens is 164 g/mol. The Kier molecular flexibility index (Phi) is 3.28. The number of rotatable bonds is 3. The molecule has 1 aromatic carbocycles. The summed E-state index contributed by atoms with van der Waals surface area (Å²) in [6, 6.07) is 7.72. The van der Waals surface area contributed by atoms with E-state index in [9.17, 15) is 5.11 Å². The quantitative estimate of drug-likeness (QED) is 0.721. The molecule has 0 saturated carbocycles. The summed E-state index contributed by atoms with van der Waals surface area (Å²) in [5, 5.41) is 9.42. The van der Waals surface area contributed by atoms with Crippen molar-refractivity contribution in [2.75, 3.05) is 25.5 Å². The molecule has 0 saturated heterocycles. The number of nitrogens with zero attached hydrogens (tertiary/aromatic N) is 1. The summed E-state index contributed by atoms with van der Waals surface area (Å²) in [5.74, 6) is 0. The Hall–Kier alpha value is -1.06. The average Bonchev–Trinajstić information content (AvgIpc) is 2.17. The van der Waals surface area contributed by atoms with Gasteiger partial charge in [0.1, 0.15) is 0 Å². The van der Waals surface area contributed by atoms with Crippen LogP contribution in [0.15, 0.2) is 24.3 Å². The highest BCUT2D eigenvalue weighted by Gasteiger charge is 2.04. The van der Waals surface area contributed by atoms with Crippen molar-refractivity contribution in [1.29, 1.82) is 0 Å². The summed E-state index contributed by atoms with van der Waals surface area (Å²) in [4.78, 5) is 2.01. The minimum Gasteiger partial charge on any atom is -0.387 e. The van der Waals surface area contributed by atoms with Gasteiger partial charge >= 0.3 is 0 Å². The highest BCUT2D eigenvalue weighted by Crippen LogP contribution is 2.16. The third-order valence-corrected chi connectivity index (χ3v) is 2.02. The number of aliphatic hydroxyl groups excluding tert-OH is 1. The van der Waals surface area contributed by atoms with Gasteiger partial charge in [0, 0.05) is 26.3 Å². The van der Waals surface area contributed by atoms with Gasteiger partial charge in [0.2, 0.25) is 0 Å². The van der Waals surface area contributed by atoms with Crippen LogP contribution in [0.2, 0.25) is 0 Å². The third kappa shape index (κ3) is 2.44. The predicted octanol–water partition coefficient (Wildman–Crippen LogP) is 0.745. The summed E-state index contributed by atoms with van der Waals surface area (Å²) in [6.07, 6.45) is -0.545. The molecule has 0 amide bonds. The van der Waals surface area contributed by atoms with Crippen molar-refractivity contribution < 1.29 is 5.11 Å². The zero-order valence-electron chi connectivity index (χ0n) is 8.07. The standard InChI is InChI=1S/C10H16N2O/c1-12(2)9-5-3-8(4-6-9)10(13)7-11/h3-6,10,13H,7,11H2,1-2H3/t10-/m1/s1. The largest absolute Gasteiger partial charge is 0.387 e. The summed E-state index contributed by atoms with van der Waals surface area (Å²) >= 11 is 0. The van der Waals surface area contributed by atoms with Crippen molar-refractivity contribution in [3.8, 4) is 0 Å². The highest BCUT2D eigenvalue weighted by molar-refractivity contribution is 5.46. The van der Waals surface area contributed by atoms with Crippen LogP contribution < -0.4 is 10.6 Å². The van der Waals surface area contributed by atoms with Gasteiger partial charge in [0.25, 0.3) is 0 Å². The van der Waals surface area contributed by atoms with Crippen molar-refractivity contribution in [3.63, 3.8) is 0 Å². The molecule has 0 aliphatic carbocycles. The van der Waals surface area contributed by atoms with Gasteiger partial charge in [-0.2, -0.15) is 0 Å². The molecule has 0 bridgehead atoms. The molecule has 1 atom stereocenters. The number of benzene rings is 1. The van der Waals surface area contributed by atoms with Crippen molar-refractivity contribution in [2.24, 2.45) is 5.73 Å². The molecule has 0 heterocycles. The molecule has 0 aromatic heterocycles. The zero-order chi connectivity index (χ0) is 9.84. The first-order valence-electron chi connectivity index (χ1n) is 4.30. The lowest BCUT2D eigenvalue weighted by Crippen LogP contribution is -2.12. The molecule has 1 aromatic rings. The molecule has 3 heteroatoms. The maximum Gasteiger partial charge on any atom is 0.0912 e. The third-order valence-electron chi connectivity index (χ3n) is 2.02. The maximum atomic E-state index is 9.42. The summed E-state index contributed by atoms with van der Waals surface area (Å²) < 4.78 is 0. The Balaban J connectivity index is 2.81. The lowest BCUT2D eigenvalue weighted by Gasteiger charge is -2.14. The van der Waals surface area contributed by atoms with E-state index in [4.69, 9.17) is 5.73 Å². The van der Waals surface area contributed by atoms with Gasteiger partial charge in [-0.25, -0.2) is 0 Å². The van der Waals surface area contributed by atoms with E-state index in [0.29, 0.717) is 0 Å². The van der Waals surface area contributed by atoms with Crippen LogP contribution in [0.5, 0.6) is 0 Å². The highest BCUT2D eigenvalue weighted by atomic mass is 16.3. The maximum absolute atomic E-state index is 9.42. The molecule has 0 unspecified atom stereocenters. The second-order valence-electron chi connectivity index (χ2n) is 3.24. The van der Waals surface area contributed by atoms with Gasteiger partial charge in [-0.05, 0) is 17.7 Å². The van der Waals surface area contributed by atoms with Crippen LogP contribution in [0, 0.1) is 0 Å². The molecule has 0 aliphatic rings. The zero-order valence-corrected chi connectivity index (χ0v) is 8.07. The summed E-state index contributed by atoms with van der Waals surface area (Å²) in [7, 11) is 3.96. The minimum absolute atomic E-state index is 0.265. The van der Waals surface area contributed by atoms with Crippen LogP contribution >= 0.6 is 0 Å². The van der Waals surface area contributed by atoms with Crippen molar-refractivity contribution in [1.82, 2.24) is 0 Å². The fourth-order valence-corrected chi connectivity index (χ4v) is 1.13. The fraction of sp³-hybridized carbons (Fsp3) is 0.400. The molecule has 3 nitrogen and oxygen atoms in total. The second-order valence-corrected chi connectivity index (χ2v) is 3.24. The van der Waals surface area contributed by atoms with Crippen LogP contribution in [0.3, 0.4) is 0 Å². The Morgan fingerprint density at radius 2 is 1.85 bits per heavy atom. The Morgan fingerprint density at radius 3 is 2.23 bits per heavy atom. The Bertz CT molecular complexity index is 256. The van der Waals surface area contributed by atoms with E-state index in [1.54, 1.807) is 0 Å². The molecule has 0 radical (unpaired) electrons. The first-order valence-corrected chi connectivity index (χ1v) is 4.30. The number of nitrogens with two attached hydrogens (primary N) is 1. The molecule has 1 rings (SSSR count). The second kappa shape index (κ2) is 4.25. The first kappa shape index (κ1) is 10.0. The number of anilines is 1. The van der Waals surface area contributed by atoms with E-state index in [0.717, 1.165) is 11.3 Å². The summed E-state index contributed by atoms with van der Waals surface area (Å²) in [6.45, 7) is 0.265. The lowest BCUT2D eigenvalue weighted by molar-refractivity contribution is 0.187. The predicted molar refractivity (Wildman–Crippen MR) is 54.8 cm³/mol. The Labute approximate surface area is 78.8 Å². The normalized spacial score (nSPS) is 12.6. The molecular formula is C10H16N2O. The SMILES string of the molecule is CN(C)c1ccc([C@H](O)CN)cc1. The van der Waals surface area contributed by atoms with Gasteiger partial charge in [-0.15, -0.1) is 0 Å². The average molecular weight is 180 g/mol. The van der Waals surface area contributed by atoms with E-state index in [2.05, 4.69) is 0 Å². The molecule has 13 heavy (non-hydrogen) atoms. The number of hydrogen-bond acceptors (Lipinski definition) is 3. The Morgan fingerprint density at radius 1 is 1.31 bits per heavy atom. The van der Waals surface area contributed by atoms with Gasteiger partial charge in [-0.3, -0.25) is 0 Å².